The molecule has 0 spiro atoms. The van der Waals surface area contributed by atoms with E-state index < -0.39 is 15.9 Å². The monoisotopic (exact) mass is 329 g/mol. The summed E-state index contributed by atoms with van der Waals surface area (Å²) in [6.07, 6.45) is 0.547. The maximum absolute atomic E-state index is 12.6. The van der Waals surface area contributed by atoms with E-state index in [-0.39, 0.29) is 28.6 Å². The minimum atomic E-state index is -3.94. The fraction of sp³-hybridized carbons (Fsp3) is 0.385. The Morgan fingerprint density at radius 2 is 2.14 bits per heavy atom. The molecule has 1 aromatic carbocycles. The zero-order chi connectivity index (χ0) is 16.0. The Morgan fingerprint density at radius 1 is 1.48 bits per heavy atom. The summed E-state index contributed by atoms with van der Waals surface area (Å²) in [5.41, 5.74) is 0.189. The number of nitriles is 1. The molecule has 8 heteroatoms. The average Bonchev–Trinajstić information content (AvgIpc) is 2.46. The van der Waals surface area contributed by atoms with Crippen molar-refractivity contribution in [3.05, 3.63) is 28.8 Å². The standard InChI is InChI=1S/C13H16ClN3O3S/c1-3-6-17(9-13(18)16-2)21(19,20)12-7-10(8-15)4-5-11(12)14/h4-5,7H,3,6,9H2,1-2H3,(H,16,18). The van der Waals surface area contributed by atoms with Gasteiger partial charge in [0.05, 0.1) is 23.2 Å². The van der Waals surface area contributed by atoms with E-state index in [1.807, 2.05) is 6.07 Å². The summed E-state index contributed by atoms with van der Waals surface area (Å²) < 4.78 is 26.3. The number of likely N-dealkylation sites (N-methyl/N-ethyl adjacent to an activating group) is 1. The van der Waals surface area contributed by atoms with Crippen molar-refractivity contribution in [2.45, 2.75) is 18.2 Å². The van der Waals surface area contributed by atoms with Gasteiger partial charge in [0.25, 0.3) is 0 Å². The summed E-state index contributed by atoms with van der Waals surface area (Å²) in [5.74, 6) is -0.417. The van der Waals surface area contributed by atoms with Gasteiger partial charge in [-0.2, -0.15) is 9.57 Å². The van der Waals surface area contributed by atoms with E-state index in [2.05, 4.69) is 5.32 Å². The number of sulfonamides is 1. The summed E-state index contributed by atoms with van der Waals surface area (Å²) in [6.45, 7) is 1.70. The Kier molecular flexibility index (Phi) is 6.15. The highest BCUT2D eigenvalue weighted by molar-refractivity contribution is 7.89. The van der Waals surface area contributed by atoms with Gasteiger partial charge in [-0.1, -0.05) is 18.5 Å². The lowest BCUT2D eigenvalue weighted by molar-refractivity contribution is -0.120. The van der Waals surface area contributed by atoms with Crippen LogP contribution in [0.15, 0.2) is 23.1 Å². The molecule has 0 aromatic heterocycles. The predicted molar refractivity (Wildman–Crippen MR) is 79.3 cm³/mol. The number of amides is 1. The fourth-order valence-corrected chi connectivity index (χ4v) is 3.67. The predicted octanol–water partition coefficient (Wildman–Crippen LogP) is 1.36. The van der Waals surface area contributed by atoms with Crippen molar-refractivity contribution in [2.75, 3.05) is 20.1 Å². The summed E-state index contributed by atoms with van der Waals surface area (Å²) in [6, 6.07) is 5.87. The number of nitrogens with zero attached hydrogens (tertiary/aromatic N) is 2. The number of carbonyl (C=O) groups is 1. The summed E-state index contributed by atoms with van der Waals surface area (Å²) in [5, 5.41) is 11.3. The van der Waals surface area contributed by atoms with Crippen LogP contribution in [0, 0.1) is 11.3 Å². The molecule has 0 bridgehead atoms. The molecule has 114 valence electrons. The van der Waals surface area contributed by atoms with Gasteiger partial charge >= 0.3 is 0 Å². The number of halogens is 1. The highest BCUT2D eigenvalue weighted by Crippen LogP contribution is 2.25. The Bertz CT molecular complexity index is 668. The maximum atomic E-state index is 12.6. The lowest BCUT2D eigenvalue weighted by Crippen LogP contribution is -2.40. The molecule has 1 rings (SSSR count). The van der Waals surface area contributed by atoms with Crippen LogP contribution >= 0.6 is 11.6 Å². The topological polar surface area (TPSA) is 90.3 Å². The van der Waals surface area contributed by atoms with E-state index in [0.29, 0.717) is 6.42 Å². The van der Waals surface area contributed by atoms with E-state index >= 15 is 0 Å². The van der Waals surface area contributed by atoms with Gasteiger partial charge in [-0.15, -0.1) is 0 Å². The van der Waals surface area contributed by atoms with Crippen LogP contribution in [-0.4, -0.2) is 38.8 Å². The van der Waals surface area contributed by atoms with Crippen molar-refractivity contribution in [1.82, 2.24) is 9.62 Å². The van der Waals surface area contributed by atoms with Gasteiger partial charge in [-0.05, 0) is 24.6 Å². The Balaban J connectivity index is 3.29. The third-order valence-electron chi connectivity index (χ3n) is 2.75. The second kappa shape index (κ2) is 7.41. The second-order valence-electron chi connectivity index (χ2n) is 4.27. The van der Waals surface area contributed by atoms with Gasteiger partial charge in [0.2, 0.25) is 15.9 Å². The number of carbonyl (C=O) groups excluding carboxylic acids is 1. The molecule has 0 aliphatic heterocycles. The van der Waals surface area contributed by atoms with Crippen molar-refractivity contribution in [2.24, 2.45) is 0 Å². The van der Waals surface area contributed by atoms with Crippen molar-refractivity contribution < 1.29 is 13.2 Å². The van der Waals surface area contributed by atoms with Gasteiger partial charge in [0.15, 0.2) is 0 Å². The van der Waals surface area contributed by atoms with E-state index in [4.69, 9.17) is 16.9 Å². The highest BCUT2D eigenvalue weighted by Gasteiger charge is 2.28. The third-order valence-corrected chi connectivity index (χ3v) is 5.08. The first-order chi connectivity index (χ1) is 9.86. The highest BCUT2D eigenvalue weighted by atomic mass is 35.5. The van der Waals surface area contributed by atoms with Crippen LogP contribution < -0.4 is 5.32 Å². The van der Waals surface area contributed by atoms with Gasteiger partial charge in [0, 0.05) is 13.6 Å². The maximum Gasteiger partial charge on any atom is 0.245 e. The second-order valence-corrected chi connectivity index (χ2v) is 6.58. The smallest absolute Gasteiger partial charge is 0.245 e. The van der Waals surface area contributed by atoms with Crippen LogP contribution in [0.3, 0.4) is 0 Å². The molecule has 0 aliphatic rings. The first-order valence-electron chi connectivity index (χ1n) is 6.27. The SMILES string of the molecule is CCCN(CC(=O)NC)S(=O)(=O)c1cc(C#N)ccc1Cl. The van der Waals surface area contributed by atoms with E-state index in [0.717, 1.165) is 4.31 Å². The number of nitrogens with one attached hydrogen (secondary N) is 1. The van der Waals surface area contributed by atoms with E-state index in [9.17, 15) is 13.2 Å². The number of rotatable bonds is 6. The number of hydrogen-bond donors (Lipinski definition) is 1. The van der Waals surface area contributed by atoms with Gasteiger partial charge in [-0.3, -0.25) is 4.79 Å². The van der Waals surface area contributed by atoms with Crippen LogP contribution in [0.2, 0.25) is 5.02 Å². The van der Waals surface area contributed by atoms with Gasteiger partial charge < -0.3 is 5.32 Å². The number of benzene rings is 1. The molecule has 0 unspecified atom stereocenters. The molecule has 1 aromatic rings. The largest absolute Gasteiger partial charge is 0.358 e. The van der Waals surface area contributed by atoms with E-state index in [1.165, 1.54) is 25.2 Å². The van der Waals surface area contributed by atoms with Crippen LogP contribution in [0.25, 0.3) is 0 Å². The van der Waals surface area contributed by atoms with Crippen molar-refractivity contribution >= 4 is 27.5 Å². The van der Waals surface area contributed by atoms with Crippen molar-refractivity contribution in [3.63, 3.8) is 0 Å². The fourth-order valence-electron chi connectivity index (χ4n) is 1.68. The zero-order valence-corrected chi connectivity index (χ0v) is 13.3. The van der Waals surface area contributed by atoms with Gasteiger partial charge in [0.1, 0.15) is 4.90 Å². The Morgan fingerprint density at radius 3 is 2.67 bits per heavy atom. The normalized spacial score (nSPS) is 11.2. The molecule has 0 saturated carbocycles. The molecule has 1 amide bonds. The molecule has 0 aliphatic carbocycles. The van der Waals surface area contributed by atoms with Crippen LogP contribution in [-0.2, 0) is 14.8 Å². The molecule has 0 atom stereocenters. The lowest BCUT2D eigenvalue weighted by Gasteiger charge is -2.21. The van der Waals surface area contributed by atoms with Crippen LogP contribution in [0.4, 0.5) is 0 Å². The Labute approximate surface area is 129 Å². The molecular formula is C13H16ClN3O3S. The van der Waals surface area contributed by atoms with Gasteiger partial charge in [-0.25, -0.2) is 8.42 Å². The van der Waals surface area contributed by atoms with Crippen molar-refractivity contribution in [1.29, 1.82) is 5.26 Å². The molecular weight excluding hydrogens is 314 g/mol. The molecule has 21 heavy (non-hydrogen) atoms. The van der Waals surface area contributed by atoms with Crippen LogP contribution in [0.5, 0.6) is 0 Å². The quantitative estimate of drug-likeness (QED) is 0.853. The molecule has 0 heterocycles. The summed E-state index contributed by atoms with van der Waals surface area (Å²) in [4.78, 5) is 11.3. The summed E-state index contributed by atoms with van der Waals surface area (Å²) in [7, 11) is -2.51. The van der Waals surface area contributed by atoms with Crippen molar-refractivity contribution in [3.8, 4) is 6.07 Å². The lowest BCUT2D eigenvalue weighted by atomic mass is 10.2. The number of hydrogen-bond acceptors (Lipinski definition) is 4. The first kappa shape index (κ1) is 17.4. The average molecular weight is 330 g/mol. The molecule has 1 N–H and O–H groups in total. The zero-order valence-electron chi connectivity index (χ0n) is 11.8. The molecule has 0 saturated heterocycles. The van der Waals surface area contributed by atoms with E-state index in [1.54, 1.807) is 6.92 Å². The minimum Gasteiger partial charge on any atom is -0.358 e. The third kappa shape index (κ3) is 4.17. The van der Waals surface area contributed by atoms with Crippen LogP contribution in [0.1, 0.15) is 18.9 Å². The Hall–Kier alpha value is -1.62. The molecule has 6 nitrogen and oxygen atoms in total. The minimum absolute atomic E-state index is 0.0204. The first-order valence-corrected chi connectivity index (χ1v) is 8.09. The molecule has 0 fully saturated rings. The summed E-state index contributed by atoms with van der Waals surface area (Å²) >= 11 is 5.94. The molecule has 0 radical (unpaired) electrons.